The Morgan fingerprint density at radius 3 is 2.64 bits per heavy atom. The first-order valence-corrected chi connectivity index (χ1v) is 7.67. The van der Waals surface area contributed by atoms with E-state index < -0.39 is 11.9 Å². The van der Waals surface area contributed by atoms with Crippen LogP contribution in [0, 0.1) is 0 Å². The predicted octanol–water partition coefficient (Wildman–Crippen LogP) is 1.40. The minimum Gasteiger partial charge on any atom is -0.497 e. The third-order valence-electron chi connectivity index (χ3n) is 3.83. The smallest absolute Gasteiger partial charge is 0.287 e. The van der Waals surface area contributed by atoms with Gasteiger partial charge in [-0.15, -0.1) is 0 Å². The number of carbonyl (C=O) groups is 1. The van der Waals surface area contributed by atoms with Gasteiger partial charge in [0.15, 0.2) is 5.82 Å². The molecule has 3 aromatic rings. The van der Waals surface area contributed by atoms with Crippen LogP contribution >= 0.6 is 0 Å². The number of amides is 1. The summed E-state index contributed by atoms with van der Waals surface area (Å²) in [4.78, 5) is 31.1. The van der Waals surface area contributed by atoms with Crippen LogP contribution in [0.2, 0.25) is 0 Å². The van der Waals surface area contributed by atoms with Crippen molar-refractivity contribution in [3.8, 4) is 5.75 Å². The number of methoxy groups -OCH3 is 1. The third-order valence-corrected chi connectivity index (χ3v) is 3.83. The standard InChI is InChI=1S/C18H17N3O4/c1-25-12-8-6-11(7-9-12)15(10-22)20-18(24)16-19-14-5-3-2-4-13(14)17(23)21-16/h2-9,15,22H,10H2,1H3,(H,20,24)(H,19,21,23)/t15-/m1/s1. The number of H-pyrrole nitrogens is 1. The van der Waals surface area contributed by atoms with E-state index in [1.165, 1.54) is 0 Å². The van der Waals surface area contributed by atoms with Gasteiger partial charge >= 0.3 is 0 Å². The van der Waals surface area contributed by atoms with Gasteiger partial charge in [0.05, 0.1) is 30.7 Å². The second kappa shape index (κ2) is 7.14. The van der Waals surface area contributed by atoms with Crippen LogP contribution in [-0.4, -0.2) is 34.7 Å². The van der Waals surface area contributed by atoms with Crippen molar-refractivity contribution in [3.63, 3.8) is 0 Å². The molecule has 0 unspecified atom stereocenters. The van der Waals surface area contributed by atoms with E-state index in [-0.39, 0.29) is 18.0 Å². The molecule has 0 saturated carbocycles. The predicted molar refractivity (Wildman–Crippen MR) is 92.7 cm³/mol. The van der Waals surface area contributed by atoms with Gasteiger partial charge in [-0.1, -0.05) is 24.3 Å². The van der Waals surface area contributed by atoms with E-state index in [0.29, 0.717) is 22.2 Å². The van der Waals surface area contributed by atoms with Crippen LogP contribution < -0.4 is 15.6 Å². The van der Waals surface area contributed by atoms with Gasteiger partial charge in [0.2, 0.25) is 0 Å². The Balaban J connectivity index is 1.85. The van der Waals surface area contributed by atoms with Gasteiger partial charge in [0, 0.05) is 0 Å². The number of aliphatic hydroxyl groups is 1. The summed E-state index contributed by atoms with van der Waals surface area (Å²) >= 11 is 0. The lowest BCUT2D eigenvalue weighted by atomic mass is 10.1. The molecular formula is C18H17N3O4. The number of aromatic amines is 1. The summed E-state index contributed by atoms with van der Waals surface area (Å²) in [5.74, 6) is 0.000625. The van der Waals surface area contributed by atoms with E-state index >= 15 is 0 Å². The monoisotopic (exact) mass is 339 g/mol. The number of nitrogens with one attached hydrogen (secondary N) is 2. The molecule has 0 radical (unpaired) electrons. The number of aliphatic hydroxyl groups excluding tert-OH is 1. The molecule has 128 valence electrons. The van der Waals surface area contributed by atoms with E-state index in [2.05, 4.69) is 15.3 Å². The number of para-hydroxylation sites is 1. The summed E-state index contributed by atoms with van der Waals surface area (Å²) in [7, 11) is 1.56. The summed E-state index contributed by atoms with van der Waals surface area (Å²) in [6, 6.07) is 13.1. The second-order valence-electron chi connectivity index (χ2n) is 5.41. The van der Waals surface area contributed by atoms with Gasteiger partial charge in [-0.2, -0.15) is 0 Å². The number of nitrogens with zero attached hydrogens (tertiary/aromatic N) is 1. The molecule has 0 saturated heterocycles. The van der Waals surface area contributed by atoms with E-state index in [1.807, 2.05) is 0 Å². The highest BCUT2D eigenvalue weighted by atomic mass is 16.5. The van der Waals surface area contributed by atoms with Crippen molar-refractivity contribution < 1.29 is 14.6 Å². The lowest BCUT2D eigenvalue weighted by Gasteiger charge is -2.16. The van der Waals surface area contributed by atoms with Gasteiger partial charge in [0.25, 0.3) is 11.5 Å². The summed E-state index contributed by atoms with van der Waals surface area (Å²) < 4.78 is 5.09. The highest BCUT2D eigenvalue weighted by molar-refractivity contribution is 5.92. The molecule has 0 fully saturated rings. The molecule has 25 heavy (non-hydrogen) atoms. The maximum atomic E-state index is 12.4. The van der Waals surface area contributed by atoms with Crippen LogP contribution in [0.5, 0.6) is 5.75 Å². The summed E-state index contributed by atoms with van der Waals surface area (Å²) in [5.41, 5.74) is 0.752. The van der Waals surface area contributed by atoms with Crippen molar-refractivity contribution in [2.45, 2.75) is 6.04 Å². The molecule has 7 nitrogen and oxygen atoms in total. The van der Waals surface area contributed by atoms with Crippen LogP contribution in [0.4, 0.5) is 0 Å². The molecule has 2 aromatic carbocycles. The molecule has 1 aromatic heterocycles. The SMILES string of the molecule is COc1ccc([C@@H](CO)NC(=O)c2nc3ccccc3c(=O)[nH]2)cc1. The number of carbonyl (C=O) groups excluding carboxylic acids is 1. The van der Waals surface area contributed by atoms with E-state index in [0.717, 1.165) is 0 Å². The molecular weight excluding hydrogens is 322 g/mol. The summed E-state index contributed by atoms with van der Waals surface area (Å²) in [6.45, 7) is -0.296. The Morgan fingerprint density at radius 1 is 1.24 bits per heavy atom. The topological polar surface area (TPSA) is 104 Å². The quantitative estimate of drug-likeness (QED) is 0.652. The van der Waals surface area contributed by atoms with Crippen molar-refractivity contribution in [1.29, 1.82) is 0 Å². The number of ether oxygens (including phenoxy) is 1. The van der Waals surface area contributed by atoms with Crippen molar-refractivity contribution >= 4 is 16.8 Å². The zero-order chi connectivity index (χ0) is 17.8. The number of rotatable bonds is 5. The fourth-order valence-corrected chi connectivity index (χ4v) is 2.49. The number of fused-ring (bicyclic) bond motifs is 1. The zero-order valence-electron chi connectivity index (χ0n) is 13.5. The molecule has 0 aliphatic carbocycles. The summed E-state index contributed by atoms with van der Waals surface area (Å²) in [6.07, 6.45) is 0. The van der Waals surface area contributed by atoms with E-state index in [1.54, 1.807) is 55.6 Å². The molecule has 0 spiro atoms. The van der Waals surface area contributed by atoms with E-state index in [4.69, 9.17) is 4.74 Å². The van der Waals surface area contributed by atoms with Crippen LogP contribution in [0.15, 0.2) is 53.3 Å². The molecule has 0 bridgehead atoms. The Morgan fingerprint density at radius 2 is 1.96 bits per heavy atom. The van der Waals surface area contributed by atoms with Gasteiger partial charge in [-0.05, 0) is 29.8 Å². The van der Waals surface area contributed by atoms with Crippen molar-refractivity contribution in [1.82, 2.24) is 15.3 Å². The Bertz CT molecular complexity index is 950. The minimum atomic E-state index is -0.629. The van der Waals surface area contributed by atoms with Crippen LogP contribution in [0.25, 0.3) is 10.9 Å². The fraction of sp³-hybridized carbons (Fsp3) is 0.167. The maximum Gasteiger partial charge on any atom is 0.287 e. The van der Waals surface area contributed by atoms with Gasteiger partial charge in [0.1, 0.15) is 5.75 Å². The molecule has 1 heterocycles. The number of benzene rings is 2. The van der Waals surface area contributed by atoms with Gasteiger partial charge < -0.3 is 20.1 Å². The normalized spacial score (nSPS) is 11.9. The van der Waals surface area contributed by atoms with Crippen LogP contribution in [-0.2, 0) is 0 Å². The Kier molecular flexibility index (Phi) is 4.76. The van der Waals surface area contributed by atoms with Crippen LogP contribution in [0.3, 0.4) is 0 Å². The van der Waals surface area contributed by atoms with Crippen LogP contribution in [0.1, 0.15) is 22.2 Å². The minimum absolute atomic E-state index is 0.101. The average Bonchev–Trinajstić information content (AvgIpc) is 2.66. The molecule has 0 aliphatic rings. The fourth-order valence-electron chi connectivity index (χ4n) is 2.49. The molecule has 3 rings (SSSR count). The first-order chi connectivity index (χ1) is 12.1. The Hall–Kier alpha value is -3.19. The van der Waals surface area contributed by atoms with Crippen molar-refractivity contribution in [2.75, 3.05) is 13.7 Å². The molecule has 0 aliphatic heterocycles. The van der Waals surface area contributed by atoms with Gasteiger partial charge in [-0.3, -0.25) is 9.59 Å². The summed E-state index contributed by atoms with van der Waals surface area (Å²) in [5, 5.41) is 12.7. The van der Waals surface area contributed by atoms with Crippen molar-refractivity contribution in [2.24, 2.45) is 0 Å². The van der Waals surface area contributed by atoms with Crippen molar-refractivity contribution in [3.05, 3.63) is 70.3 Å². The first kappa shape index (κ1) is 16.7. The highest BCUT2D eigenvalue weighted by Gasteiger charge is 2.17. The number of hydrogen-bond acceptors (Lipinski definition) is 5. The zero-order valence-corrected chi connectivity index (χ0v) is 13.5. The molecule has 1 amide bonds. The largest absolute Gasteiger partial charge is 0.497 e. The highest BCUT2D eigenvalue weighted by Crippen LogP contribution is 2.17. The molecule has 3 N–H and O–H groups in total. The van der Waals surface area contributed by atoms with E-state index in [9.17, 15) is 14.7 Å². The lowest BCUT2D eigenvalue weighted by Crippen LogP contribution is -2.33. The second-order valence-corrected chi connectivity index (χ2v) is 5.41. The number of hydrogen-bond donors (Lipinski definition) is 3. The first-order valence-electron chi connectivity index (χ1n) is 7.67. The molecule has 7 heteroatoms. The Labute approximate surface area is 143 Å². The van der Waals surface area contributed by atoms with Gasteiger partial charge in [-0.25, -0.2) is 4.98 Å². The third kappa shape index (κ3) is 3.51. The number of aromatic nitrogens is 2. The lowest BCUT2D eigenvalue weighted by molar-refractivity contribution is 0.0905. The maximum absolute atomic E-state index is 12.4. The average molecular weight is 339 g/mol. The molecule has 1 atom stereocenters.